The smallest absolute Gasteiger partial charge is 0.161 e. The molecule has 6 aromatic heterocycles. The molecule has 0 saturated carbocycles. The van der Waals surface area contributed by atoms with Crippen molar-refractivity contribution < 1.29 is 4.39 Å². The number of nitrogens with zero attached hydrogens (tertiary/aromatic N) is 6. The van der Waals surface area contributed by atoms with E-state index in [1.165, 1.54) is 6.20 Å². The van der Waals surface area contributed by atoms with Crippen LogP contribution in [0.15, 0.2) is 61.4 Å². The summed E-state index contributed by atoms with van der Waals surface area (Å²) in [7, 11) is 0. The standard InChI is InChI=1S/C25H20FN9/c1-13(2)31-16-8-15(10-28-11-16)18-12-30-23-19(20(18)26)22(34-35-23)25-32-21-17(5-7-29-24(21)33-25)14-4-3-6-27-9-14/h3-13,31H,1-2H3,(H,29,32,33)(H,30,34,35). The first-order valence-corrected chi connectivity index (χ1v) is 11.1. The van der Waals surface area contributed by atoms with Crippen LogP contribution in [0.4, 0.5) is 10.1 Å². The molecular weight excluding hydrogens is 445 g/mol. The Kier molecular flexibility index (Phi) is 4.91. The Hall–Kier alpha value is -4.73. The number of aromatic amines is 2. The van der Waals surface area contributed by atoms with Crippen molar-refractivity contribution in [2.75, 3.05) is 5.32 Å². The lowest BCUT2D eigenvalue weighted by Crippen LogP contribution is -2.09. The molecule has 172 valence electrons. The highest BCUT2D eigenvalue weighted by molar-refractivity contribution is 5.96. The van der Waals surface area contributed by atoms with Crippen LogP contribution in [0.3, 0.4) is 0 Å². The summed E-state index contributed by atoms with van der Waals surface area (Å²) < 4.78 is 15.9. The van der Waals surface area contributed by atoms with E-state index in [9.17, 15) is 0 Å². The number of hydrogen-bond donors (Lipinski definition) is 3. The van der Waals surface area contributed by atoms with Gasteiger partial charge >= 0.3 is 0 Å². The predicted octanol–water partition coefficient (Wildman–Crippen LogP) is 4.98. The van der Waals surface area contributed by atoms with Gasteiger partial charge in [-0.3, -0.25) is 15.1 Å². The zero-order valence-corrected chi connectivity index (χ0v) is 18.9. The van der Waals surface area contributed by atoms with Crippen molar-refractivity contribution in [1.82, 2.24) is 40.1 Å². The van der Waals surface area contributed by atoms with Crippen LogP contribution in [-0.4, -0.2) is 46.1 Å². The van der Waals surface area contributed by atoms with Crippen LogP contribution in [0.25, 0.3) is 56.0 Å². The van der Waals surface area contributed by atoms with Crippen molar-refractivity contribution in [2.45, 2.75) is 19.9 Å². The van der Waals surface area contributed by atoms with Crippen LogP contribution >= 0.6 is 0 Å². The van der Waals surface area contributed by atoms with Gasteiger partial charge in [0.2, 0.25) is 0 Å². The number of H-pyrrole nitrogens is 2. The molecule has 35 heavy (non-hydrogen) atoms. The molecule has 3 N–H and O–H groups in total. The Morgan fingerprint density at radius 2 is 1.80 bits per heavy atom. The summed E-state index contributed by atoms with van der Waals surface area (Å²) in [5.74, 6) is -0.0653. The number of anilines is 1. The first kappa shape index (κ1) is 20.8. The number of pyridine rings is 4. The third-order valence-corrected chi connectivity index (χ3v) is 5.61. The van der Waals surface area contributed by atoms with Gasteiger partial charge in [-0.1, -0.05) is 6.07 Å². The number of aromatic nitrogens is 8. The molecule has 9 nitrogen and oxygen atoms in total. The average molecular weight is 465 g/mol. The zero-order chi connectivity index (χ0) is 23.9. The van der Waals surface area contributed by atoms with Gasteiger partial charge in [0.15, 0.2) is 17.1 Å². The Bertz CT molecular complexity index is 1670. The second-order valence-electron chi connectivity index (χ2n) is 8.43. The van der Waals surface area contributed by atoms with Crippen molar-refractivity contribution in [3.63, 3.8) is 0 Å². The molecule has 0 unspecified atom stereocenters. The number of fused-ring (bicyclic) bond motifs is 2. The molecule has 0 aliphatic heterocycles. The van der Waals surface area contributed by atoms with Crippen LogP contribution in [-0.2, 0) is 0 Å². The van der Waals surface area contributed by atoms with E-state index in [1.54, 1.807) is 31.0 Å². The van der Waals surface area contributed by atoms with Gasteiger partial charge in [0, 0.05) is 65.5 Å². The normalized spacial score (nSPS) is 11.5. The summed E-state index contributed by atoms with van der Waals surface area (Å²) in [4.78, 5) is 25.2. The van der Waals surface area contributed by atoms with Crippen molar-refractivity contribution in [3.05, 3.63) is 67.3 Å². The SMILES string of the molecule is CC(C)Nc1cncc(-c2cnc3[nH]nc(-c4nc5c(-c6cccnc6)ccnc5[nH]4)c3c2F)c1. The van der Waals surface area contributed by atoms with E-state index in [1.807, 2.05) is 38.1 Å². The molecule has 0 aliphatic rings. The molecule has 0 aromatic carbocycles. The molecule has 6 heterocycles. The first-order chi connectivity index (χ1) is 17.1. The Morgan fingerprint density at radius 3 is 2.63 bits per heavy atom. The summed E-state index contributed by atoms with van der Waals surface area (Å²) >= 11 is 0. The highest BCUT2D eigenvalue weighted by Gasteiger charge is 2.21. The molecule has 0 amide bonds. The molecule has 0 atom stereocenters. The fraction of sp³-hybridized carbons (Fsp3) is 0.120. The van der Waals surface area contributed by atoms with Crippen molar-refractivity contribution in [2.24, 2.45) is 0 Å². The lowest BCUT2D eigenvalue weighted by Gasteiger charge is -2.11. The maximum Gasteiger partial charge on any atom is 0.161 e. The minimum Gasteiger partial charge on any atom is -0.382 e. The van der Waals surface area contributed by atoms with Gasteiger partial charge in [0.1, 0.15) is 17.0 Å². The van der Waals surface area contributed by atoms with Crippen LogP contribution in [0.5, 0.6) is 0 Å². The molecule has 10 heteroatoms. The quantitative estimate of drug-likeness (QED) is 0.328. The Morgan fingerprint density at radius 1 is 0.914 bits per heavy atom. The second-order valence-corrected chi connectivity index (χ2v) is 8.43. The molecule has 0 bridgehead atoms. The third kappa shape index (κ3) is 3.65. The minimum absolute atomic E-state index is 0.219. The number of halogens is 1. The summed E-state index contributed by atoms with van der Waals surface area (Å²) in [6, 6.07) is 7.75. The van der Waals surface area contributed by atoms with Crippen molar-refractivity contribution in [3.8, 4) is 33.8 Å². The summed E-state index contributed by atoms with van der Waals surface area (Å²) in [5, 5.41) is 10.7. The van der Waals surface area contributed by atoms with E-state index in [0.717, 1.165) is 16.8 Å². The molecule has 0 spiro atoms. The van der Waals surface area contributed by atoms with Crippen LogP contribution in [0, 0.1) is 5.82 Å². The Labute approximate surface area is 198 Å². The van der Waals surface area contributed by atoms with Crippen LogP contribution in [0.1, 0.15) is 13.8 Å². The highest BCUT2D eigenvalue weighted by atomic mass is 19.1. The average Bonchev–Trinajstić information content (AvgIpc) is 3.49. The molecule has 0 aliphatic carbocycles. The van der Waals surface area contributed by atoms with Crippen LogP contribution in [0.2, 0.25) is 0 Å². The summed E-state index contributed by atoms with van der Waals surface area (Å²) in [6.45, 7) is 4.06. The maximum atomic E-state index is 15.9. The number of hydrogen-bond acceptors (Lipinski definition) is 7. The predicted molar refractivity (Wildman–Crippen MR) is 132 cm³/mol. The largest absolute Gasteiger partial charge is 0.382 e. The zero-order valence-electron chi connectivity index (χ0n) is 18.9. The number of rotatable bonds is 5. The van der Waals surface area contributed by atoms with E-state index in [4.69, 9.17) is 4.98 Å². The van der Waals surface area contributed by atoms with Gasteiger partial charge in [-0.2, -0.15) is 5.10 Å². The molecule has 6 aromatic rings. The van der Waals surface area contributed by atoms with Gasteiger partial charge in [-0.15, -0.1) is 0 Å². The van der Waals surface area contributed by atoms with E-state index in [0.29, 0.717) is 39.5 Å². The lowest BCUT2D eigenvalue weighted by molar-refractivity contribution is 0.642. The van der Waals surface area contributed by atoms with E-state index < -0.39 is 5.82 Å². The van der Waals surface area contributed by atoms with Crippen molar-refractivity contribution in [1.29, 1.82) is 0 Å². The third-order valence-electron chi connectivity index (χ3n) is 5.61. The fourth-order valence-corrected chi connectivity index (χ4v) is 4.10. The highest BCUT2D eigenvalue weighted by Crippen LogP contribution is 2.34. The lowest BCUT2D eigenvalue weighted by atomic mass is 10.1. The first-order valence-electron chi connectivity index (χ1n) is 11.1. The monoisotopic (exact) mass is 465 g/mol. The van der Waals surface area contributed by atoms with Gasteiger partial charge < -0.3 is 10.3 Å². The molecule has 6 rings (SSSR count). The summed E-state index contributed by atoms with van der Waals surface area (Å²) in [6.07, 6.45) is 9.97. The van der Waals surface area contributed by atoms with E-state index in [-0.39, 0.29) is 11.4 Å². The molecule has 0 saturated heterocycles. The van der Waals surface area contributed by atoms with Gasteiger partial charge in [0.25, 0.3) is 0 Å². The molecule has 0 radical (unpaired) electrons. The number of nitrogens with one attached hydrogen (secondary N) is 3. The summed E-state index contributed by atoms with van der Waals surface area (Å²) in [5.41, 5.74) is 5.37. The second kappa shape index (κ2) is 8.24. The van der Waals surface area contributed by atoms with Crippen molar-refractivity contribution >= 4 is 27.9 Å². The molecular formula is C25H20FN9. The maximum absolute atomic E-state index is 15.9. The van der Waals surface area contributed by atoms with Crippen LogP contribution < -0.4 is 5.32 Å². The van der Waals surface area contributed by atoms with E-state index >= 15 is 4.39 Å². The van der Waals surface area contributed by atoms with Gasteiger partial charge in [-0.05, 0) is 32.0 Å². The fourth-order valence-electron chi connectivity index (χ4n) is 4.10. The Balaban J connectivity index is 1.49. The minimum atomic E-state index is -0.455. The van der Waals surface area contributed by atoms with E-state index in [2.05, 4.69) is 40.4 Å². The number of imidazole rings is 1. The topological polar surface area (TPSA) is 121 Å². The van der Waals surface area contributed by atoms with Gasteiger partial charge in [-0.25, -0.2) is 19.3 Å². The molecule has 0 fully saturated rings. The van der Waals surface area contributed by atoms with Gasteiger partial charge in [0.05, 0.1) is 11.1 Å².